The molecule has 2 heterocycles. The number of nitrogens with one attached hydrogen (secondary N) is 2. The highest BCUT2D eigenvalue weighted by Crippen LogP contribution is 2.15. The Bertz CT molecular complexity index is 1390. The zero-order valence-corrected chi connectivity index (χ0v) is 19.7. The smallest absolute Gasteiger partial charge is 0.330 e. The van der Waals surface area contributed by atoms with E-state index in [1.807, 2.05) is 6.92 Å². The van der Waals surface area contributed by atoms with Crippen molar-refractivity contribution in [3.05, 3.63) is 56.0 Å². The van der Waals surface area contributed by atoms with Gasteiger partial charge < -0.3 is 9.30 Å². The minimum absolute atomic E-state index is 0.0117. The number of aryl methyl sites for hydroxylation is 2. The van der Waals surface area contributed by atoms with E-state index in [1.54, 1.807) is 13.1 Å². The lowest BCUT2D eigenvalue weighted by atomic mass is 10.3. The molecule has 3 rings (SSSR count). The number of hydrogen-bond donors (Lipinski definition) is 2. The first-order chi connectivity index (χ1) is 15.6. The quantitative estimate of drug-likeness (QED) is 0.401. The van der Waals surface area contributed by atoms with Gasteiger partial charge in [-0.2, -0.15) is 0 Å². The van der Waals surface area contributed by atoms with Crippen molar-refractivity contribution < 1.29 is 17.9 Å². The highest BCUT2D eigenvalue weighted by molar-refractivity contribution is 7.89. The van der Waals surface area contributed by atoms with Crippen molar-refractivity contribution in [2.45, 2.75) is 44.2 Å². The molecule has 0 aliphatic heterocycles. The first-order valence-corrected chi connectivity index (χ1v) is 12.1. The van der Waals surface area contributed by atoms with E-state index in [0.717, 1.165) is 12.8 Å². The van der Waals surface area contributed by atoms with E-state index in [2.05, 4.69) is 14.7 Å². The number of nitrogens with zero attached hydrogens (tertiary/aromatic N) is 3. The zero-order valence-electron chi connectivity index (χ0n) is 18.1. The predicted octanol–water partition coefficient (Wildman–Crippen LogP) is 1.29. The van der Waals surface area contributed by atoms with E-state index in [4.69, 9.17) is 16.3 Å². The van der Waals surface area contributed by atoms with Crippen molar-refractivity contribution in [1.29, 1.82) is 0 Å². The van der Waals surface area contributed by atoms with Gasteiger partial charge in [0.1, 0.15) is 12.4 Å². The maximum absolute atomic E-state index is 12.3. The van der Waals surface area contributed by atoms with Gasteiger partial charge in [-0.15, -0.1) is 0 Å². The molecule has 0 aliphatic rings. The largest absolute Gasteiger partial charge is 0.457 e. The van der Waals surface area contributed by atoms with Crippen LogP contribution in [0.2, 0.25) is 5.02 Å². The van der Waals surface area contributed by atoms with E-state index in [0.29, 0.717) is 6.54 Å². The fourth-order valence-electron chi connectivity index (χ4n) is 3.17. The Labute approximate surface area is 194 Å². The molecule has 0 saturated heterocycles. The number of ether oxygens (including phenoxy) is 1. The minimum Gasteiger partial charge on any atom is -0.457 e. The van der Waals surface area contributed by atoms with Gasteiger partial charge in [0.25, 0.3) is 5.56 Å². The minimum atomic E-state index is -3.82. The average Bonchev–Trinajstić information content (AvgIpc) is 3.08. The number of carbonyl (C=O) groups is 1. The number of rotatable bonds is 10. The van der Waals surface area contributed by atoms with E-state index >= 15 is 0 Å². The molecule has 0 amide bonds. The fraction of sp³-hybridized carbons (Fsp3) is 0.400. The zero-order chi connectivity index (χ0) is 24.2. The molecule has 178 valence electrons. The van der Waals surface area contributed by atoms with Gasteiger partial charge in [-0.05, 0) is 24.6 Å². The average molecular weight is 498 g/mol. The Morgan fingerprint density at radius 1 is 1.30 bits per heavy atom. The number of imidazole rings is 1. The summed E-state index contributed by atoms with van der Waals surface area (Å²) in [7, 11) is -2.24. The third-order valence-corrected chi connectivity index (χ3v) is 6.62. The SMILES string of the molecule is CCCCn1c(=O)[nH]c(=O)c2c1nc(COC(=O)CCNS(=O)(=O)c1cccc(Cl)c1)n2C. The number of benzene rings is 1. The molecule has 0 aliphatic carbocycles. The second-order valence-electron chi connectivity index (χ2n) is 7.29. The summed E-state index contributed by atoms with van der Waals surface area (Å²) in [5.74, 6) is -0.382. The Kier molecular flexibility index (Phi) is 7.72. The van der Waals surface area contributed by atoms with Crippen LogP contribution in [0.4, 0.5) is 0 Å². The topological polar surface area (TPSA) is 145 Å². The summed E-state index contributed by atoms with van der Waals surface area (Å²) < 4.78 is 34.9. The maximum atomic E-state index is 12.3. The highest BCUT2D eigenvalue weighted by Gasteiger charge is 2.18. The molecular formula is C20H24ClN5O6S. The number of unbranched alkanes of at least 4 members (excludes halogenated alkanes) is 1. The van der Waals surface area contributed by atoms with Gasteiger partial charge in [0, 0.05) is 25.2 Å². The molecule has 0 atom stereocenters. The lowest BCUT2D eigenvalue weighted by molar-refractivity contribution is -0.145. The van der Waals surface area contributed by atoms with E-state index in [1.165, 1.54) is 27.3 Å². The van der Waals surface area contributed by atoms with Gasteiger partial charge in [-0.3, -0.25) is 19.1 Å². The summed E-state index contributed by atoms with van der Waals surface area (Å²) in [6.07, 6.45) is 1.37. The fourth-order valence-corrected chi connectivity index (χ4v) is 4.50. The van der Waals surface area contributed by atoms with Crippen LogP contribution in [0.25, 0.3) is 11.2 Å². The van der Waals surface area contributed by atoms with Gasteiger partial charge in [0.15, 0.2) is 11.2 Å². The van der Waals surface area contributed by atoms with Crippen molar-refractivity contribution in [3.8, 4) is 0 Å². The summed E-state index contributed by atoms with van der Waals surface area (Å²) in [6.45, 7) is 1.96. The molecule has 0 bridgehead atoms. The normalized spacial score (nSPS) is 11.7. The molecule has 0 spiro atoms. The number of aromatic amines is 1. The molecule has 2 N–H and O–H groups in total. The van der Waals surface area contributed by atoms with Crippen molar-refractivity contribution in [2.24, 2.45) is 7.05 Å². The number of H-pyrrole nitrogens is 1. The lowest BCUT2D eigenvalue weighted by Crippen LogP contribution is -2.31. The standard InChI is InChI=1S/C20H24ClN5O6S/c1-3-4-10-26-18-17(19(28)24-20(26)29)25(2)15(23-18)12-32-16(27)8-9-22-33(30,31)14-7-5-6-13(21)11-14/h5-7,11,22H,3-4,8-10,12H2,1-2H3,(H,24,28,29). The summed E-state index contributed by atoms with van der Waals surface area (Å²) in [6, 6.07) is 5.75. The molecule has 0 unspecified atom stereocenters. The second-order valence-corrected chi connectivity index (χ2v) is 9.49. The third kappa shape index (κ3) is 5.70. The first kappa shape index (κ1) is 24.7. The number of fused-ring (bicyclic) bond motifs is 1. The van der Waals surface area contributed by atoms with Gasteiger partial charge in [0.2, 0.25) is 10.0 Å². The van der Waals surface area contributed by atoms with E-state index in [-0.39, 0.29) is 46.5 Å². The molecule has 33 heavy (non-hydrogen) atoms. The highest BCUT2D eigenvalue weighted by atomic mass is 35.5. The Hall–Kier alpha value is -2.96. The van der Waals surface area contributed by atoms with Crippen LogP contribution in [0.5, 0.6) is 0 Å². The van der Waals surface area contributed by atoms with Crippen molar-refractivity contribution in [2.75, 3.05) is 6.54 Å². The number of sulfonamides is 1. The molecular weight excluding hydrogens is 474 g/mol. The van der Waals surface area contributed by atoms with Gasteiger partial charge in [0.05, 0.1) is 11.3 Å². The monoisotopic (exact) mass is 497 g/mol. The van der Waals surface area contributed by atoms with Crippen LogP contribution in [0.3, 0.4) is 0 Å². The first-order valence-electron chi connectivity index (χ1n) is 10.2. The molecule has 0 saturated carbocycles. The van der Waals surface area contributed by atoms with Crippen LogP contribution in [-0.4, -0.2) is 40.0 Å². The third-order valence-electron chi connectivity index (χ3n) is 4.93. The number of hydrogen-bond acceptors (Lipinski definition) is 7. The molecule has 0 radical (unpaired) electrons. The molecule has 13 heteroatoms. The molecule has 1 aromatic carbocycles. The van der Waals surface area contributed by atoms with Crippen LogP contribution in [0.1, 0.15) is 32.0 Å². The Morgan fingerprint density at radius 2 is 2.06 bits per heavy atom. The Morgan fingerprint density at radius 3 is 2.76 bits per heavy atom. The summed E-state index contributed by atoms with van der Waals surface area (Å²) in [4.78, 5) is 43.1. The van der Waals surface area contributed by atoms with Gasteiger partial charge >= 0.3 is 11.7 Å². The van der Waals surface area contributed by atoms with Crippen molar-refractivity contribution in [3.63, 3.8) is 0 Å². The Balaban J connectivity index is 1.65. The number of carbonyl (C=O) groups excluding carboxylic acids is 1. The van der Waals surface area contributed by atoms with Gasteiger partial charge in [-0.1, -0.05) is 31.0 Å². The van der Waals surface area contributed by atoms with Crippen LogP contribution in [-0.2, 0) is 39.8 Å². The van der Waals surface area contributed by atoms with Crippen molar-refractivity contribution >= 4 is 38.8 Å². The van der Waals surface area contributed by atoms with Crippen LogP contribution in [0.15, 0.2) is 38.8 Å². The molecule has 0 fully saturated rings. The van der Waals surface area contributed by atoms with Crippen LogP contribution < -0.4 is 16.0 Å². The summed E-state index contributed by atoms with van der Waals surface area (Å²) in [5, 5.41) is 0.277. The van der Waals surface area contributed by atoms with E-state index in [9.17, 15) is 22.8 Å². The second kappa shape index (κ2) is 10.3. The number of aromatic nitrogens is 4. The van der Waals surface area contributed by atoms with Crippen LogP contribution >= 0.6 is 11.6 Å². The number of esters is 1. The molecule has 11 nitrogen and oxygen atoms in total. The van der Waals surface area contributed by atoms with Crippen molar-refractivity contribution in [1.82, 2.24) is 23.8 Å². The van der Waals surface area contributed by atoms with E-state index < -0.39 is 27.2 Å². The molecule has 2 aromatic heterocycles. The lowest BCUT2D eigenvalue weighted by Gasteiger charge is -2.07. The molecule has 3 aromatic rings. The summed E-state index contributed by atoms with van der Waals surface area (Å²) >= 11 is 5.82. The van der Waals surface area contributed by atoms with Crippen LogP contribution in [0, 0.1) is 0 Å². The maximum Gasteiger partial charge on any atom is 0.330 e. The summed E-state index contributed by atoms with van der Waals surface area (Å²) in [5.41, 5.74) is -0.702. The number of halogens is 1. The van der Waals surface area contributed by atoms with Gasteiger partial charge in [-0.25, -0.2) is 22.9 Å². The predicted molar refractivity (Wildman–Crippen MR) is 122 cm³/mol.